The van der Waals surface area contributed by atoms with Crippen LogP contribution >= 0.6 is 23.1 Å². The lowest BCUT2D eigenvalue weighted by molar-refractivity contribution is -0.384. The molecule has 0 bridgehead atoms. The normalized spacial score (nSPS) is 10.4. The van der Waals surface area contributed by atoms with Crippen molar-refractivity contribution in [2.75, 3.05) is 16.4 Å². The van der Waals surface area contributed by atoms with Gasteiger partial charge in [0, 0.05) is 23.5 Å². The van der Waals surface area contributed by atoms with Crippen molar-refractivity contribution in [2.24, 2.45) is 0 Å². The van der Waals surface area contributed by atoms with E-state index in [-0.39, 0.29) is 17.3 Å². The quantitative estimate of drug-likeness (QED) is 0.346. The van der Waals surface area contributed by atoms with E-state index in [4.69, 9.17) is 0 Å². The van der Waals surface area contributed by atoms with E-state index in [0.29, 0.717) is 15.2 Å². The lowest BCUT2D eigenvalue weighted by Crippen LogP contribution is -2.13. The third-order valence-electron chi connectivity index (χ3n) is 3.40. The van der Waals surface area contributed by atoms with Crippen molar-refractivity contribution in [3.8, 4) is 0 Å². The van der Waals surface area contributed by atoms with Crippen LogP contribution in [-0.2, 0) is 4.79 Å². The molecule has 0 aliphatic rings. The van der Waals surface area contributed by atoms with Crippen molar-refractivity contribution in [3.05, 3.63) is 64.2 Å². The highest BCUT2D eigenvalue weighted by Gasteiger charge is 2.10. The van der Waals surface area contributed by atoms with Crippen molar-refractivity contribution in [3.63, 3.8) is 0 Å². The molecule has 0 saturated carbocycles. The van der Waals surface area contributed by atoms with Crippen LogP contribution in [0.15, 0.2) is 52.9 Å². The molecule has 0 aliphatic heterocycles. The smallest absolute Gasteiger partial charge is 0.269 e. The number of thioether (sulfide) groups is 1. The molecule has 3 rings (SSSR count). The summed E-state index contributed by atoms with van der Waals surface area (Å²) in [6, 6.07) is 13.6. The number of hydrogen-bond acceptors (Lipinski definition) is 8. The summed E-state index contributed by atoms with van der Waals surface area (Å²) in [6.45, 7) is 2.02. The first-order valence-corrected chi connectivity index (χ1v) is 9.64. The van der Waals surface area contributed by atoms with Crippen LogP contribution in [0, 0.1) is 17.0 Å². The standard InChI is InChI=1S/C17H15N5O3S2/c1-11-2-4-13(5-3-11)19-16-20-21-17(27-16)26-10-15(23)18-12-6-8-14(9-7-12)22(24)25/h2-9H,10H2,1H3,(H,18,23)(H,19,20). The molecule has 0 atom stereocenters. The zero-order valence-electron chi connectivity index (χ0n) is 14.2. The molecule has 0 spiro atoms. The summed E-state index contributed by atoms with van der Waals surface area (Å²) in [5, 5.41) is 25.2. The number of rotatable bonds is 7. The van der Waals surface area contributed by atoms with E-state index in [9.17, 15) is 14.9 Å². The largest absolute Gasteiger partial charge is 0.330 e. The molecule has 0 fully saturated rings. The monoisotopic (exact) mass is 401 g/mol. The maximum absolute atomic E-state index is 12.0. The van der Waals surface area contributed by atoms with Gasteiger partial charge >= 0.3 is 0 Å². The Labute approximate surface area is 163 Å². The molecule has 138 valence electrons. The molecule has 0 radical (unpaired) electrons. The van der Waals surface area contributed by atoms with Crippen molar-refractivity contribution in [1.82, 2.24) is 10.2 Å². The average molecular weight is 401 g/mol. The van der Waals surface area contributed by atoms with Gasteiger partial charge in [0.2, 0.25) is 11.0 Å². The Hall–Kier alpha value is -2.98. The number of hydrogen-bond donors (Lipinski definition) is 2. The minimum absolute atomic E-state index is 0.0233. The maximum atomic E-state index is 12.0. The number of nitro groups is 1. The zero-order valence-corrected chi connectivity index (χ0v) is 15.8. The van der Waals surface area contributed by atoms with Crippen LogP contribution in [0.1, 0.15) is 5.56 Å². The fraction of sp³-hybridized carbons (Fsp3) is 0.118. The molecule has 3 aromatic rings. The molecule has 0 aliphatic carbocycles. The number of aryl methyl sites for hydroxylation is 1. The van der Waals surface area contributed by atoms with Crippen LogP contribution in [-0.4, -0.2) is 26.8 Å². The van der Waals surface area contributed by atoms with Crippen LogP contribution in [0.5, 0.6) is 0 Å². The first-order valence-electron chi connectivity index (χ1n) is 7.84. The Bertz CT molecular complexity index is 942. The number of benzene rings is 2. The van der Waals surface area contributed by atoms with Gasteiger partial charge in [-0.3, -0.25) is 14.9 Å². The number of anilines is 3. The van der Waals surface area contributed by atoms with E-state index in [1.54, 1.807) is 0 Å². The zero-order chi connectivity index (χ0) is 19.2. The van der Waals surface area contributed by atoms with Gasteiger partial charge in [-0.25, -0.2) is 0 Å². The fourth-order valence-electron chi connectivity index (χ4n) is 2.07. The van der Waals surface area contributed by atoms with Gasteiger partial charge in [0.25, 0.3) is 5.69 Å². The molecule has 2 N–H and O–H groups in total. The summed E-state index contributed by atoms with van der Waals surface area (Å²) >= 11 is 2.63. The Morgan fingerprint density at radius 1 is 1.11 bits per heavy atom. The van der Waals surface area contributed by atoms with Gasteiger partial charge in [-0.05, 0) is 31.2 Å². The van der Waals surface area contributed by atoms with Crippen molar-refractivity contribution >= 4 is 51.2 Å². The second-order valence-electron chi connectivity index (χ2n) is 5.50. The fourth-order valence-corrected chi connectivity index (χ4v) is 3.64. The highest BCUT2D eigenvalue weighted by Crippen LogP contribution is 2.28. The van der Waals surface area contributed by atoms with Gasteiger partial charge in [-0.2, -0.15) is 0 Å². The number of nitrogens with zero attached hydrogens (tertiary/aromatic N) is 3. The van der Waals surface area contributed by atoms with Gasteiger partial charge in [-0.15, -0.1) is 10.2 Å². The van der Waals surface area contributed by atoms with Crippen LogP contribution in [0.3, 0.4) is 0 Å². The first-order chi connectivity index (χ1) is 13.0. The first kappa shape index (κ1) is 18.8. The summed E-state index contributed by atoms with van der Waals surface area (Å²) in [4.78, 5) is 22.1. The second-order valence-corrected chi connectivity index (χ2v) is 7.70. The topological polar surface area (TPSA) is 110 Å². The molecule has 1 amide bonds. The SMILES string of the molecule is Cc1ccc(Nc2nnc(SCC(=O)Nc3ccc([N+](=O)[O-])cc3)s2)cc1. The van der Waals surface area contributed by atoms with Gasteiger partial charge in [0.1, 0.15) is 0 Å². The predicted octanol–water partition coefficient (Wildman–Crippen LogP) is 4.23. The number of carbonyl (C=O) groups is 1. The molecule has 0 saturated heterocycles. The average Bonchev–Trinajstić information content (AvgIpc) is 3.10. The number of nitro benzene ring substituents is 1. The molecule has 1 aromatic heterocycles. The highest BCUT2D eigenvalue weighted by molar-refractivity contribution is 8.01. The number of non-ortho nitro benzene ring substituents is 1. The van der Waals surface area contributed by atoms with Crippen molar-refractivity contribution < 1.29 is 9.72 Å². The van der Waals surface area contributed by atoms with E-state index >= 15 is 0 Å². The minimum Gasteiger partial charge on any atom is -0.330 e. The van der Waals surface area contributed by atoms with Crippen LogP contribution < -0.4 is 10.6 Å². The Morgan fingerprint density at radius 2 is 1.78 bits per heavy atom. The predicted molar refractivity (Wildman–Crippen MR) is 107 cm³/mol. The summed E-state index contributed by atoms with van der Waals surface area (Å²) in [5.74, 6) is -0.0621. The van der Waals surface area contributed by atoms with E-state index in [1.807, 2.05) is 31.2 Å². The summed E-state index contributed by atoms with van der Waals surface area (Å²) < 4.78 is 0.670. The van der Waals surface area contributed by atoms with E-state index in [0.717, 1.165) is 5.69 Å². The minimum atomic E-state index is -0.487. The van der Waals surface area contributed by atoms with Crippen LogP contribution in [0.4, 0.5) is 22.2 Å². The third kappa shape index (κ3) is 5.50. The van der Waals surface area contributed by atoms with Crippen molar-refractivity contribution in [2.45, 2.75) is 11.3 Å². The lowest BCUT2D eigenvalue weighted by Gasteiger charge is -2.03. The highest BCUT2D eigenvalue weighted by atomic mass is 32.2. The molecule has 10 heteroatoms. The van der Waals surface area contributed by atoms with E-state index < -0.39 is 4.92 Å². The Kier molecular flexibility index (Phi) is 5.99. The van der Waals surface area contributed by atoms with Crippen molar-refractivity contribution in [1.29, 1.82) is 0 Å². The number of aromatic nitrogens is 2. The molecular formula is C17H15N5O3S2. The van der Waals surface area contributed by atoms with Gasteiger partial charge in [0.15, 0.2) is 4.34 Å². The second kappa shape index (κ2) is 8.60. The van der Waals surface area contributed by atoms with Gasteiger partial charge in [-0.1, -0.05) is 40.8 Å². The number of amides is 1. The van der Waals surface area contributed by atoms with E-state index in [1.165, 1.54) is 52.9 Å². The molecule has 0 unspecified atom stereocenters. The summed E-state index contributed by atoms with van der Waals surface area (Å²) in [6.07, 6.45) is 0. The number of nitrogens with one attached hydrogen (secondary N) is 2. The van der Waals surface area contributed by atoms with Crippen LogP contribution in [0.2, 0.25) is 0 Å². The Balaban J connectivity index is 1.49. The molecular weight excluding hydrogens is 386 g/mol. The molecule has 27 heavy (non-hydrogen) atoms. The van der Waals surface area contributed by atoms with Gasteiger partial charge in [0.05, 0.1) is 10.7 Å². The lowest BCUT2D eigenvalue weighted by atomic mass is 10.2. The number of carbonyl (C=O) groups excluding carboxylic acids is 1. The third-order valence-corrected chi connectivity index (χ3v) is 5.37. The maximum Gasteiger partial charge on any atom is 0.269 e. The van der Waals surface area contributed by atoms with Gasteiger partial charge < -0.3 is 10.6 Å². The van der Waals surface area contributed by atoms with Crippen LogP contribution in [0.25, 0.3) is 0 Å². The summed E-state index contributed by atoms with van der Waals surface area (Å²) in [7, 11) is 0. The van der Waals surface area contributed by atoms with E-state index in [2.05, 4.69) is 20.8 Å². The molecule has 2 aromatic carbocycles. The molecule has 8 nitrogen and oxygen atoms in total. The Morgan fingerprint density at radius 3 is 2.44 bits per heavy atom. The molecule has 1 heterocycles. The summed E-state index contributed by atoms with van der Waals surface area (Å²) in [5.41, 5.74) is 2.58.